The third kappa shape index (κ3) is 4.36. The van der Waals surface area contributed by atoms with Crippen LogP contribution in [-0.2, 0) is 11.8 Å². The summed E-state index contributed by atoms with van der Waals surface area (Å²) in [4.78, 5) is 2.22. The molecule has 0 aliphatic carbocycles. The molecule has 17 heavy (non-hydrogen) atoms. The van der Waals surface area contributed by atoms with Gasteiger partial charge in [-0.15, -0.1) is 0 Å². The highest BCUT2D eigenvalue weighted by Gasteiger charge is 2.14. The number of aryl methyl sites for hydroxylation is 1. The maximum atomic E-state index is 4.27. The quantitative estimate of drug-likeness (QED) is 0.631. The number of likely N-dealkylation sites (N-methyl/N-ethyl adjacent to an activating group) is 1. The molecule has 1 aromatic rings. The minimum absolute atomic E-state index is 0.241. The number of rotatable bonds is 4. The molecule has 2 heteroatoms. The fourth-order valence-corrected chi connectivity index (χ4v) is 1.97. The van der Waals surface area contributed by atoms with E-state index in [4.69, 9.17) is 0 Å². The Bertz CT molecular complexity index is 366. The normalized spacial score (nSPS) is 12.2. The summed E-state index contributed by atoms with van der Waals surface area (Å²) in [6, 6.07) is 6.88. The molecule has 0 radical (unpaired) electrons. The highest BCUT2D eigenvalue weighted by molar-refractivity contribution is 7.80. The van der Waals surface area contributed by atoms with Crippen molar-refractivity contribution in [2.45, 2.75) is 39.5 Å². The Morgan fingerprint density at radius 3 is 2.35 bits per heavy atom. The first-order valence-corrected chi connectivity index (χ1v) is 6.87. The van der Waals surface area contributed by atoms with Crippen molar-refractivity contribution in [2.75, 3.05) is 19.5 Å². The second-order valence-corrected chi connectivity index (χ2v) is 6.15. The molecule has 1 nitrogen and oxygen atoms in total. The lowest BCUT2D eigenvalue weighted by atomic mass is 9.85. The maximum Gasteiger partial charge on any atom is 0.0411 e. The van der Waals surface area contributed by atoms with Gasteiger partial charge in [-0.05, 0) is 42.5 Å². The molecule has 0 unspecified atom stereocenters. The highest BCUT2D eigenvalue weighted by Crippen LogP contribution is 2.24. The Labute approximate surface area is 112 Å². The summed E-state index contributed by atoms with van der Waals surface area (Å²) < 4.78 is 0. The Hall–Kier alpha value is -0.470. The van der Waals surface area contributed by atoms with E-state index in [0.717, 1.165) is 18.8 Å². The van der Waals surface area contributed by atoms with E-state index >= 15 is 0 Å². The van der Waals surface area contributed by atoms with Gasteiger partial charge in [0.25, 0.3) is 0 Å². The SMILES string of the molecule is Cc1cc(C(C)(C)C)ccc1CCN(C)CS. The van der Waals surface area contributed by atoms with Gasteiger partial charge in [0.1, 0.15) is 0 Å². The van der Waals surface area contributed by atoms with Crippen LogP contribution < -0.4 is 0 Å². The first kappa shape index (κ1) is 14.6. The average Bonchev–Trinajstić information content (AvgIpc) is 2.25. The van der Waals surface area contributed by atoms with Crippen LogP contribution in [0.4, 0.5) is 0 Å². The van der Waals surface area contributed by atoms with Crippen molar-refractivity contribution in [1.29, 1.82) is 0 Å². The third-order valence-electron chi connectivity index (χ3n) is 3.21. The Balaban J connectivity index is 2.77. The standard InChI is InChI=1S/C15H25NS/c1-12-10-14(15(2,3)4)7-6-13(12)8-9-16(5)11-17/h6-7,10,17H,8-9,11H2,1-5H3. The van der Waals surface area contributed by atoms with Crippen LogP contribution in [0.1, 0.15) is 37.5 Å². The van der Waals surface area contributed by atoms with Gasteiger partial charge < -0.3 is 0 Å². The highest BCUT2D eigenvalue weighted by atomic mass is 32.1. The molecule has 0 saturated carbocycles. The van der Waals surface area contributed by atoms with E-state index < -0.39 is 0 Å². The lowest BCUT2D eigenvalue weighted by molar-refractivity contribution is 0.398. The molecule has 96 valence electrons. The molecule has 0 aromatic heterocycles. The molecule has 0 saturated heterocycles. The van der Waals surface area contributed by atoms with Gasteiger partial charge >= 0.3 is 0 Å². The Kier molecular flexibility index (Phi) is 5.08. The number of nitrogens with zero attached hydrogens (tertiary/aromatic N) is 1. The summed E-state index contributed by atoms with van der Waals surface area (Å²) in [5, 5.41) is 0. The molecule has 0 spiro atoms. The Morgan fingerprint density at radius 2 is 1.88 bits per heavy atom. The van der Waals surface area contributed by atoms with Crippen molar-refractivity contribution < 1.29 is 0 Å². The molecule has 1 rings (SSSR count). The van der Waals surface area contributed by atoms with E-state index in [9.17, 15) is 0 Å². The monoisotopic (exact) mass is 251 g/mol. The zero-order valence-corrected chi connectivity index (χ0v) is 12.6. The van der Waals surface area contributed by atoms with Crippen LogP contribution in [0.5, 0.6) is 0 Å². The molecule has 0 heterocycles. The molecule has 0 amide bonds. The first-order chi connectivity index (χ1) is 7.84. The largest absolute Gasteiger partial charge is 0.297 e. The summed E-state index contributed by atoms with van der Waals surface area (Å²) in [5.74, 6) is 0.819. The number of hydrogen-bond donors (Lipinski definition) is 1. The zero-order chi connectivity index (χ0) is 13.1. The number of hydrogen-bond acceptors (Lipinski definition) is 2. The molecular weight excluding hydrogens is 226 g/mol. The van der Waals surface area contributed by atoms with Gasteiger partial charge in [-0.1, -0.05) is 39.0 Å². The van der Waals surface area contributed by atoms with Gasteiger partial charge in [-0.2, -0.15) is 12.6 Å². The van der Waals surface area contributed by atoms with Gasteiger partial charge in [-0.25, -0.2) is 0 Å². The Morgan fingerprint density at radius 1 is 1.24 bits per heavy atom. The zero-order valence-electron chi connectivity index (χ0n) is 11.7. The fourth-order valence-electron chi connectivity index (χ4n) is 1.82. The summed E-state index contributed by atoms with van der Waals surface area (Å²) in [6.45, 7) is 10.1. The summed E-state index contributed by atoms with van der Waals surface area (Å²) in [5.41, 5.74) is 4.52. The van der Waals surface area contributed by atoms with Crippen LogP contribution in [-0.4, -0.2) is 24.4 Å². The van der Waals surface area contributed by atoms with Crippen molar-refractivity contribution in [3.63, 3.8) is 0 Å². The van der Waals surface area contributed by atoms with E-state index in [1.54, 1.807) is 0 Å². The van der Waals surface area contributed by atoms with E-state index in [0.29, 0.717) is 0 Å². The van der Waals surface area contributed by atoms with Crippen LogP contribution in [0.3, 0.4) is 0 Å². The molecular formula is C15H25NS. The second-order valence-electron chi connectivity index (χ2n) is 5.86. The van der Waals surface area contributed by atoms with E-state index in [-0.39, 0.29) is 5.41 Å². The van der Waals surface area contributed by atoms with Crippen molar-refractivity contribution in [3.05, 3.63) is 34.9 Å². The molecule has 0 aliphatic rings. The van der Waals surface area contributed by atoms with Crippen molar-refractivity contribution >= 4 is 12.6 Å². The molecule has 1 aromatic carbocycles. The second kappa shape index (κ2) is 5.92. The molecule has 0 N–H and O–H groups in total. The topological polar surface area (TPSA) is 3.24 Å². The minimum atomic E-state index is 0.241. The predicted octanol–water partition coefficient (Wildman–Crippen LogP) is 3.65. The fraction of sp³-hybridized carbons (Fsp3) is 0.600. The first-order valence-electron chi connectivity index (χ1n) is 6.24. The summed E-state index contributed by atoms with van der Waals surface area (Å²) in [7, 11) is 2.10. The number of benzene rings is 1. The molecule has 0 bridgehead atoms. The van der Waals surface area contributed by atoms with Gasteiger partial charge in [0, 0.05) is 12.4 Å². The maximum absolute atomic E-state index is 4.27. The van der Waals surface area contributed by atoms with Crippen LogP contribution in [0, 0.1) is 6.92 Å². The van der Waals surface area contributed by atoms with E-state index in [1.165, 1.54) is 16.7 Å². The minimum Gasteiger partial charge on any atom is -0.297 e. The smallest absolute Gasteiger partial charge is 0.0411 e. The van der Waals surface area contributed by atoms with Gasteiger partial charge in [0.15, 0.2) is 0 Å². The lowest BCUT2D eigenvalue weighted by Gasteiger charge is -2.21. The summed E-state index contributed by atoms with van der Waals surface area (Å²) >= 11 is 4.27. The van der Waals surface area contributed by atoms with Gasteiger partial charge in [0.2, 0.25) is 0 Å². The van der Waals surface area contributed by atoms with Crippen LogP contribution in [0.25, 0.3) is 0 Å². The number of thiol groups is 1. The van der Waals surface area contributed by atoms with Crippen molar-refractivity contribution in [1.82, 2.24) is 4.90 Å². The van der Waals surface area contributed by atoms with Crippen molar-refractivity contribution in [2.24, 2.45) is 0 Å². The third-order valence-corrected chi connectivity index (χ3v) is 3.70. The van der Waals surface area contributed by atoms with E-state index in [1.807, 2.05) is 0 Å². The van der Waals surface area contributed by atoms with Crippen molar-refractivity contribution in [3.8, 4) is 0 Å². The van der Waals surface area contributed by atoms with Crippen LogP contribution in [0.2, 0.25) is 0 Å². The molecule has 0 aliphatic heterocycles. The lowest BCUT2D eigenvalue weighted by Crippen LogP contribution is -2.19. The van der Waals surface area contributed by atoms with E-state index in [2.05, 4.69) is 70.5 Å². The summed E-state index contributed by atoms with van der Waals surface area (Å²) in [6.07, 6.45) is 1.10. The average molecular weight is 251 g/mol. The van der Waals surface area contributed by atoms with Crippen LogP contribution >= 0.6 is 12.6 Å². The molecule has 0 atom stereocenters. The van der Waals surface area contributed by atoms with Crippen LogP contribution in [0.15, 0.2) is 18.2 Å². The van der Waals surface area contributed by atoms with Gasteiger partial charge in [-0.3, -0.25) is 4.90 Å². The molecule has 0 fully saturated rings. The predicted molar refractivity (Wildman–Crippen MR) is 80.1 cm³/mol. The van der Waals surface area contributed by atoms with Gasteiger partial charge in [0.05, 0.1) is 0 Å².